The fraction of sp³-hybridized carbons (Fsp3) is 0.0870. The second-order valence-corrected chi connectivity index (χ2v) is 7.54. The summed E-state index contributed by atoms with van der Waals surface area (Å²) in [6, 6.07) is 22.9. The minimum absolute atomic E-state index is 0.219. The molecule has 0 radical (unpaired) electrons. The van der Waals surface area contributed by atoms with Gasteiger partial charge in [-0.15, -0.1) is 0 Å². The molecule has 0 spiro atoms. The number of nitrogens with one attached hydrogen (secondary N) is 1. The molecule has 1 N–H and O–H groups in total. The quantitative estimate of drug-likeness (QED) is 0.481. The van der Waals surface area contributed by atoms with Crippen molar-refractivity contribution >= 4 is 38.6 Å². The van der Waals surface area contributed by atoms with Gasteiger partial charge in [-0.05, 0) is 47.9 Å². The van der Waals surface area contributed by atoms with Crippen molar-refractivity contribution in [2.45, 2.75) is 6.42 Å². The molecule has 0 aliphatic carbocycles. The number of benzene rings is 3. The van der Waals surface area contributed by atoms with E-state index in [2.05, 4.69) is 22.4 Å². The molecule has 144 valence electrons. The van der Waals surface area contributed by atoms with Gasteiger partial charge in [0.15, 0.2) is 5.13 Å². The van der Waals surface area contributed by atoms with Gasteiger partial charge in [-0.1, -0.05) is 53.8 Å². The van der Waals surface area contributed by atoms with E-state index in [0.717, 1.165) is 22.2 Å². The van der Waals surface area contributed by atoms with Crippen LogP contribution < -0.4 is 5.32 Å². The molecule has 29 heavy (non-hydrogen) atoms. The van der Waals surface area contributed by atoms with Crippen LogP contribution in [-0.2, 0) is 11.2 Å². The molecule has 4 rings (SSSR count). The number of aromatic nitrogens is 1. The number of carbonyl (C=O) groups excluding carboxylic acids is 2. The number of hydrogen-bond donors (Lipinski definition) is 1. The lowest BCUT2D eigenvalue weighted by Gasteiger charge is -2.05. The van der Waals surface area contributed by atoms with Crippen molar-refractivity contribution in [1.82, 2.24) is 4.98 Å². The highest BCUT2D eigenvalue weighted by Gasteiger charge is 2.12. The van der Waals surface area contributed by atoms with Crippen molar-refractivity contribution in [1.29, 1.82) is 0 Å². The second-order valence-electron chi connectivity index (χ2n) is 6.51. The predicted octanol–water partition coefficient (Wildman–Crippen LogP) is 4.93. The maximum absolute atomic E-state index is 12.6. The third-order valence-electron chi connectivity index (χ3n) is 4.50. The van der Waals surface area contributed by atoms with Crippen LogP contribution in [0, 0.1) is 0 Å². The number of esters is 1. The highest BCUT2D eigenvalue weighted by atomic mass is 32.1. The molecule has 5 nitrogen and oxygen atoms in total. The Hall–Kier alpha value is -3.51. The van der Waals surface area contributed by atoms with E-state index in [-0.39, 0.29) is 5.91 Å². The van der Waals surface area contributed by atoms with Gasteiger partial charge in [-0.2, -0.15) is 0 Å². The molecule has 3 aromatic carbocycles. The first-order valence-electron chi connectivity index (χ1n) is 9.05. The molecule has 1 heterocycles. The van der Waals surface area contributed by atoms with Crippen LogP contribution in [0.5, 0.6) is 0 Å². The highest BCUT2D eigenvalue weighted by molar-refractivity contribution is 7.22. The summed E-state index contributed by atoms with van der Waals surface area (Å²) in [4.78, 5) is 28.6. The van der Waals surface area contributed by atoms with Crippen molar-refractivity contribution in [2.75, 3.05) is 12.4 Å². The number of anilines is 1. The third-order valence-corrected chi connectivity index (χ3v) is 5.43. The van der Waals surface area contributed by atoms with E-state index >= 15 is 0 Å². The standard InChI is InChI=1S/C23H18N2O3S/c1-28-22(27)18-11-12-19-20(14-18)29-23(24-19)25-21(26)17-9-7-16(8-10-17)13-15-5-3-2-4-6-15/h2-12,14H,13H2,1H3,(H,24,25,26). The molecule has 4 aromatic rings. The molecule has 1 amide bonds. The Kier molecular flexibility index (Phi) is 5.35. The van der Waals surface area contributed by atoms with Crippen LogP contribution >= 0.6 is 11.3 Å². The Bertz CT molecular complexity index is 1170. The van der Waals surface area contributed by atoms with E-state index in [1.165, 1.54) is 24.0 Å². The van der Waals surface area contributed by atoms with Gasteiger partial charge in [-0.25, -0.2) is 9.78 Å². The number of amides is 1. The van der Waals surface area contributed by atoms with Crippen molar-refractivity contribution in [2.24, 2.45) is 0 Å². The molecule has 0 bridgehead atoms. The first kappa shape index (κ1) is 18.8. The number of hydrogen-bond acceptors (Lipinski definition) is 5. The zero-order valence-corrected chi connectivity index (χ0v) is 16.5. The monoisotopic (exact) mass is 402 g/mol. The average molecular weight is 402 g/mol. The van der Waals surface area contributed by atoms with Crippen LogP contribution in [0.3, 0.4) is 0 Å². The second kappa shape index (κ2) is 8.24. The number of rotatable bonds is 5. The lowest BCUT2D eigenvalue weighted by atomic mass is 10.0. The number of nitrogens with zero attached hydrogens (tertiary/aromatic N) is 1. The van der Waals surface area contributed by atoms with Gasteiger partial charge in [0.1, 0.15) is 0 Å². The summed E-state index contributed by atoms with van der Waals surface area (Å²) < 4.78 is 5.54. The number of thiazole rings is 1. The first-order valence-corrected chi connectivity index (χ1v) is 9.87. The van der Waals surface area contributed by atoms with E-state index in [0.29, 0.717) is 16.3 Å². The molecule has 0 aliphatic rings. The van der Waals surface area contributed by atoms with Crippen LogP contribution in [-0.4, -0.2) is 24.0 Å². The average Bonchev–Trinajstić information content (AvgIpc) is 3.15. The number of carbonyl (C=O) groups is 2. The summed E-state index contributed by atoms with van der Waals surface area (Å²) >= 11 is 1.32. The Morgan fingerprint density at radius 2 is 1.62 bits per heavy atom. The zero-order chi connectivity index (χ0) is 20.2. The van der Waals surface area contributed by atoms with Crippen molar-refractivity contribution < 1.29 is 14.3 Å². The SMILES string of the molecule is COC(=O)c1ccc2nc(NC(=O)c3ccc(Cc4ccccc4)cc3)sc2c1. The van der Waals surface area contributed by atoms with Crippen LogP contribution in [0.25, 0.3) is 10.2 Å². The van der Waals surface area contributed by atoms with Crippen LogP contribution in [0.2, 0.25) is 0 Å². The number of ether oxygens (including phenoxy) is 1. The topological polar surface area (TPSA) is 68.3 Å². The lowest BCUT2D eigenvalue weighted by Crippen LogP contribution is -2.11. The van der Waals surface area contributed by atoms with Gasteiger partial charge in [0, 0.05) is 5.56 Å². The summed E-state index contributed by atoms with van der Waals surface area (Å²) in [7, 11) is 1.34. The summed E-state index contributed by atoms with van der Waals surface area (Å²) in [6.45, 7) is 0. The molecule has 0 aliphatic heterocycles. The zero-order valence-electron chi connectivity index (χ0n) is 15.7. The van der Waals surface area contributed by atoms with Gasteiger partial charge < -0.3 is 4.74 Å². The highest BCUT2D eigenvalue weighted by Crippen LogP contribution is 2.27. The van der Waals surface area contributed by atoms with E-state index in [1.807, 2.05) is 42.5 Å². The normalized spacial score (nSPS) is 10.7. The van der Waals surface area contributed by atoms with E-state index in [1.54, 1.807) is 18.2 Å². The molecule has 0 saturated heterocycles. The van der Waals surface area contributed by atoms with Crippen molar-refractivity contribution in [3.05, 3.63) is 95.1 Å². The van der Waals surface area contributed by atoms with Gasteiger partial charge in [0.05, 0.1) is 22.9 Å². The smallest absolute Gasteiger partial charge is 0.337 e. The van der Waals surface area contributed by atoms with Crippen molar-refractivity contribution in [3.8, 4) is 0 Å². The van der Waals surface area contributed by atoms with Crippen LogP contribution in [0.15, 0.2) is 72.8 Å². The lowest BCUT2D eigenvalue weighted by molar-refractivity contribution is 0.0601. The molecule has 6 heteroatoms. The van der Waals surface area contributed by atoms with Gasteiger partial charge in [0.25, 0.3) is 5.91 Å². The number of methoxy groups -OCH3 is 1. The summed E-state index contributed by atoms with van der Waals surface area (Å²) in [5.74, 6) is -0.620. The van der Waals surface area contributed by atoms with E-state index in [4.69, 9.17) is 4.74 Å². The van der Waals surface area contributed by atoms with Gasteiger partial charge >= 0.3 is 5.97 Å². The molecular formula is C23H18N2O3S. The summed E-state index contributed by atoms with van der Waals surface area (Å²) in [5.41, 5.74) is 4.11. The fourth-order valence-corrected chi connectivity index (χ4v) is 3.90. The van der Waals surface area contributed by atoms with E-state index < -0.39 is 5.97 Å². The Morgan fingerprint density at radius 3 is 2.34 bits per heavy atom. The molecule has 1 aromatic heterocycles. The fourth-order valence-electron chi connectivity index (χ4n) is 3.00. The Morgan fingerprint density at radius 1 is 0.931 bits per heavy atom. The minimum atomic E-state index is -0.401. The Balaban J connectivity index is 1.46. The number of fused-ring (bicyclic) bond motifs is 1. The summed E-state index contributed by atoms with van der Waals surface area (Å²) in [6.07, 6.45) is 0.823. The van der Waals surface area contributed by atoms with Gasteiger partial charge in [-0.3, -0.25) is 10.1 Å². The molecule has 0 saturated carbocycles. The van der Waals surface area contributed by atoms with E-state index in [9.17, 15) is 9.59 Å². The molecule has 0 atom stereocenters. The maximum atomic E-state index is 12.6. The Labute approximate surface area is 172 Å². The molecular weight excluding hydrogens is 384 g/mol. The maximum Gasteiger partial charge on any atom is 0.337 e. The molecule has 0 unspecified atom stereocenters. The minimum Gasteiger partial charge on any atom is -0.465 e. The van der Waals surface area contributed by atoms with Crippen molar-refractivity contribution in [3.63, 3.8) is 0 Å². The first-order chi connectivity index (χ1) is 14.1. The van der Waals surface area contributed by atoms with Gasteiger partial charge in [0.2, 0.25) is 0 Å². The van der Waals surface area contributed by atoms with Crippen LogP contribution in [0.4, 0.5) is 5.13 Å². The molecule has 0 fully saturated rings. The largest absolute Gasteiger partial charge is 0.465 e. The predicted molar refractivity (Wildman–Crippen MR) is 115 cm³/mol. The van der Waals surface area contributed by atoms with Crippen LogP contribution in [0.1, 0.15) is 31.8 Å². The summed E-state index contributed by atoms with van der Waals surface area (Å²) in [5, 5.41) is 3.32. The third kappa shape index (κ3) is 4.33.